The van der Waals surface area contributed by atoms with E-state index in [1.54, 1.807) is 13.2 Å². The number of rotatable bonds is 4. The zero-order valence-electron chi connectivity index (χ0n) is 17.0. The van der Waals surface area contributed by atoms with Crippen molar-refractivity contribution < 1.29 is 19.1 Å². The lowest BCUT2D eigenvalue weighted by Gasteiger charge is -2.33. The Bertz CT molecular complexity index is 1040. The predicted molar refractivity (Wildman–Crippen MR) is 113 cm³/mol. The van der Waals surface area contributed by atoms with Gasteiger partial charge in [-0.15, -0.1) is 0 Å². The van der Waals surface area contributed by atoms with Gasteiger partial charge in [-0.1, -0.05) is 24.3 Å². The van der Waals surface area contributed by atoms with Crippen molar-refractivity contribution in [2.45, 2.75) is 32.1 Å². The SMILES string of the molecule is COc1ccc([C@@H]2CC(=O)C3=C(C2)NC(=O)C[C@@H]3C(=O)Nc2cccc(C)c2)cc1. The second-order valence-corrected chi connectivity index (χ2v) is 7.86. The molecule has 0 radical (unpaired) electrons. The first-order valence-corrected chi connectivity index (χ1v) is 10.0. The van der Waals surface area contributed by atoms with Crippen molar-refractivity contribution >= 4 is 23.3 Å². The third kappa shape index (κ3) is 3.99. The zero-order chi connectivity index (χ0) is 21.3. The minimum absolute atomic E-state index is 0.0184. The van der Waals surface area contributed by atoms with E-state index in [0.29, 0.717) is 29.8 Å². The molecule has 6 nitrogen and oxygen atoms in total. The molecule has 30 heavy (non-hydrogen) atoms. The van der Waals surface area contributed by atoms with Crippen LogP contribution in [0.3, 0.4) is 0 Å². The first-order chi connectivity index (χ1) is 14.4. The molecule has 1 heterocycles. The molecule has 0 unspecified atom stereocenters. The van der Waals surface area contributed by atoms with Gasteiger partial charge in [0, 0.05) is 29.8 Å². The highest BCUT2D eigenvalue weighted by Gasteiger charge is 2.40. The van der Waals surface area contributed by atoms with Gasteiger partial charge in [-0.3, -0.25) is 14.4 Å². The van der Waals surface area contributed by atoms with E-state index in [1.165, 1.54) is 0 Å². The summed E-state index contributed by atoms with van der Waals surface area (Å²) >= 11 is 0. The van der Waals surface area contributed by atoms with Crippen molar-refractivity contribution in [2.75, 3.05) is 12.4 Å². The number of nitrogens with one attached hydrogen (secondary N) is 2. The molecular formula is C24H24N2O4. The summed E-state index contributed by atoms with van der Waals surface area (Å²) in [5.74, 6) is -0.693. The summed E-state index contributed by atoms with van der Waals surface area (Å²) in [4.78, 5) is 38.3. The number of allylic oxidation sites excluding steroid dienone is 1. The monoisotopic (exact) mass is 404 g/mol. The van der Waals surface area contributed by atoms with Gasteiger partial charge in [0.25, 0.3) is 0 Å². The molecule has 2 aromatic rings. The fourth-order valence-electron chi connectivity index (χ4n) is 4.25. The fraction of sp³-hybridized carbons (Fsp3) is 0.292. The lowest BCUT2D eigenvalue weighted by atomic mass is 9.75. The van der Waals surface area contributed by atoms with Crippen LogP contribution in [0.25, 0.3) is 0 Å². The average molecular weight is 404 g/mol. The first kappa shape index (κ1) is 19.9. The van der Waals surface area contributed by atoms with Crippen molar-refractivity contribution in [3.8, 4) is 5.75 Å². The standard InChI is InChI=1S/C24H24N2O4/c1-14-4-3-5-17(10-14)25-24(29)19-13-22(28)26-20-11-16(12-21(27)23(19)20)15-6-8-18(30-2)9-7-15/h3-10,16,19H,11-13H2,1-2H3,(H,25,29)(H,26,28)/t16-,19-/m0/s1. The number of amides is 2. The Labute approximate surface area is 175 Å². The number of methoxy groups -OCH3 is 1. The largest absolute Gasteiger partial charge is 0.497 e. The van der Waals surface area contributed by atoms with E-state index >= 15 is 0 Å². The summed E-state index contributed by atoms with van der Waals surface area (Å²) in [6.45, 7) is 1.94. The Kier molecular flexibility index (Phi) is 5.40. The number of ketones is 1. The maximum absolute atomic E-state index is 13.0. The molecule has 0 saturated heterocycles. The van der Waals surface area contributed by atoms with Crippen LogP contribution in [0.2, 0.25) is 0 Å². The highest BCUT2D eigenvalue weighted by Crippen LogP contribution is 2.39. The van der Waals surface area contributed by atoms with Crippen molar-refractivity contribution in [1.29, 1.82) is 0 Å². The highest BCUT2D eigenvalue weighted by atomic mass is 16.5. The minimum atomic E-state index is -0.765. The second-order valence-electron chi connectivity index (χ2n) is 7.86. The number of benzene rings is 2. The second kappa shape index (κ2) is 8.14. The molecule has 2 aromatic carbocycles. The van der Waals surface area contributed by atoms with E-state index in [-0.39, 0.29) is 29.9 Å². The van der Waals surface area contributed by atoms with Gasteiger partial charge in [-0.25, -0.2) is 0 Å². The van der Waals surface area contributed by atoms with Crippen molar-refractivity contribution in [3.63, 3.8) is 0 Å². The van der Waals surface area contributed by atoms with Crippen LogP contribution in [0.4, 0.5) is 5.69 Å². The van der Waals surface area contributed by atoms with E-state index in [0.717, 1.165) is 16.9 Å². The highest BCUT2D eigenvalue weighted by molar-refractivity contribution is 6.09. The Morgan fingerprint density at radius 2 is 1.83 bits per heavy atom. The van der Waals surface area contributed by atoms with Gasteiger partial charge < -0.3 is 15.4 Å². The van der Waals surface area contributed by atoms with E-state index in [1.807, 2.05) is 49.4 Å². The molecule has 2 atom stereocenters. The van der Waals surface area contributed by atoms with E-state index in [4.69, 9.17) is 4.74 Å². The predicted octanol–water partition coefficient (Wildman–Crippen LogP) is 3.48. The van der Waals surface area contributed by atoms with Gasteiger partial charge in [-0.05, 0) is 54.7 Å². The van der Waals surface area contributed by atoms with E-state index in [2.05, 4.69) is 10.6 Å². The van der Waals surface area contributed by atoms with Crippen LogP contribution in [-0.4, -0.2) is 24.7 Å². The van der Waals surface area contributed by atoms with Crippen LogP contribution >= 0.6 is 0 Å². The van der Waals surface area contributed by atoms with Crippen molar-refractivity contribution in [1.82, 2.24) is 5.32 Å². The molecule has 6 heteroatoms. The molecule has 0 aromatic heterocycles. The number of ether oxygens (including phenoxy) is 1. The van der Waals surface area contributed by atoms with Gasteiger partial charge in [-0.2, -0.15) is 0 Å². The molecule has 0 fully saturated rings. The molecule has 1 aliphatic carbocycles. The van der Waals surface area contributed by atoms with Crippen molar-refractivity contribution in [2.24, 2.45) is 5.92 Å². The molecule has 0 bridgehead atoms. The Morgan fingerprint density at radius 3 is 2.53 bits per heavy atom. The van der Waals surface area contributed by atoms with Gasteiger partial charge in [0.1, 0.15) is 5.75 Å². The molecule has 0 saturated carbocycles. The number of aryl methyl sites for hydroxylation is 1. The molecule has 1 aliphatic heterocycles. The van der Waals surface area contributed by atoms with Crippen LogP contribution in [-0.2, 0) is 14.4 Å². The summed E-state index contributed by atoms with van der Waals surface area (Å²) < 4.78 is 5.20. The van der Waals surface area contributed by atoms with Crippen molar-refractivity contribution in [3.05, 3.63) is 70.9 Å². The third-order valence-electron chi connectivity index (χ3n) is 5.73. The molecule has 2 aliphatic rings. The van der Waals surface area contributed by atoms with Gasteiger partial charge in [0.2, 0.25) is 11.8 Å². The molecular weight excluding hydrogens is 380 g/mol. The summed E-state index contributed by atoms with van der Waals surface area (Å²) in [6, 6.07) is 15.1. The zero-order valence-corrected chi connectivity index (χ0v) is 17.0. The molecule has 4 rings (SSSR count). The number of carbonyl (C=O) groups excluding carboxylic acids is 3. The molecule has 2 N–H and O–H groups in total. The lowest BCUT2D eigenvalue weighted by Crippen LogP contribution is -2.43. The average Bonchev–Trinajstić information content (AvgIpc) is 2.72. The van der Waals surface area contributed by atoms with Crippen LogP contribution in [0.15, 0.2) is 59.8 Å². The fourth-order valence-corrected chi connectivity index (χ4v) is 4.25. The summed E-state index contributed by atoms with van der Waals surface area (Å²) in [7, 11) is 1.61. The van der Waals surface area contributed by atoms with Crippen LogP contribution < -0.4 is 15.4 Å². The molecule has 2 amide bonds. The maximum atomic E-state index is 13.0. The topological polar surface area (TPSA) is 84.5 Å². The summed E-state index contributed by atoms with van der Waals surface area (Å²) in [5, 5.41) is 5.71. The molecule has 154 valence electrons. The van der Waals surface area contributed by atoms with Gasteiger partial charge >= 0.3 is 0 Å². The normalized spacial score (nSPS) is 21.0. The summed E-state index contributed by atoms with van der Waals surface area (Å²) in [5.41, 5.74) is 3.71. The number of carbonyl (C=O) groups is 3. The maximum Gasteiger partial charge on any atom is 0.232 e. The molecule has 0 spiro atoms. The number of Topliss-reactive ketones (excluding diaryl/α,β-unsaturated/α-hetero) is 1. The summed E-state index contributed by atoms with van der Waals surface area (Å²) in [6.07, 6.45) is 0.818. The van der Waals surface area contributed by atoms with E-state index in [9.17, 15) is 14.4 Å². The minimum Gasteiger partial charge on any atom is -0.497 e. The number of anilines is 1. The Morgan fingerprint density at radius 1 is 1.07 bits per heavy atom. The Balaban J connectivity index is 1.59. The van der Waals surface area contributed by atoms with Crippen LogP contribution in [0, 0.1) is 12.8 Å². The smallest absolute Gasteiger partial charge is 0.232 e. The number of hydrogen-bond acceptors (Lipinski definition) is 4. The first-order valence-electron chi connectivity index (χ1n) is 10.0. The van der Waals surface area contributed by atoms with Crippen LogP contribution in [0.1, 0.15) is 36.3 Å². The van der Waals surface area contributed by atoms with Crippen LogP contribution in [0.5, 0.6) is 5.75 Å². The quantitative estimate of drug-likeness (QED) is 0.817. The van der Waals surface area contributed by atoms with E-state index < -0.39 is 5.92 Å². The number of hydrogen-bond donors (Lipinski definition) is 2. The lowest BCUT2D eigenvalue weighted by molar-refractivity contribution is -0.129. The Hall–Kier alpha value is -3.41. The third-order valence-corrected chi connectivity index (χ3v) is 5.73. The van der Waals surface area contributed by atoms with Gasteiger partial charge in [0.15, 0.2) is 5.78 Å². The van der Waals surface area contributed by atoms with Gasteiger partial charge in [0.05, 0.1) is 13.0 Å².